The third-order valence-corrected chi connectivity index (χ3v) is 4.24. The molecule has 23 heavy (non-hydrogen) atoms. The van der Waals surface area contributed by atoms with Crippen LogP contribution in [0.25, 0.3) is 0 Å². The largest absolute Gasteiger partial charge is 0.449 e. The van der Waals surface area contributed by atoms with Crippen molar-refractivity contribution in [3.8, 4) is 0 Å². The van der Waals surface area contributed by atoms with Gasteiger partial charge in [0.15, 0.2) is 6.10 Å². The molecule has 2 N–H and O–H groups in total. The number of thioether (sulfide) groups is 1. The Bertz CT molecular complexity index is 631. The molecule has 1 atom stereocenters. The first-order chi connectivity index (χ1) is 10.9. The molecule has 0 saturated carbocycles. The van der Waals surface area contributed by atoms with Gasteiger partial charge in [0, 0.05) is 23.1 Å². The summed E-state index contributed by atoms with van der Waals surface area (Å²) in [6.07, 6.45) is -0.446. The fourth-order valence-electron chi connectivity index (χ4n) is 2.03. The smallest absolute Gasteiger partial charge is 0.338 e. The van der Waals surface area contributed by atoms with Gasteiger partial charge < -0.3 is 15.4 Å². The predicted octanol–water partition coefficient (Wildman–Crippen LogP) is 2.19. The van der Waals surface area contributed by atoms with Crippen molar-refractivity contribution in [3.05, 3.63) is 23.8 Å². The Morgan fingerprint density at radius 3 is 2.74 bits per heavy atom. The van der Waals surface area contributed by atoms with E-state index in [2.05, 4.69) is 10.6 Å². The van der Waals surface area contributed by atoms with Crippen LogP contribution in [0.2, 0.25) is 0 Å². The second-order valence-electron chi connectivity index (χ2n) is 5.57. The Morgan fingerprint density at radius 2 is 2.04 bits per heavy atom. The molecule has 1 aliphatic heterocycles. The summed E-state index contributed by atoms with van der Waals surface area (Å²) in [7, 11) is 0. The van der Waals surface area contributed by atoms with Crippen LogP contribution in [-0.2, 0) is 14.3 Å². The Hall–Kier alpha value is -2.02. The van der Waals surface area contributed by atoms with Crippen LogP contribution in [0.5, 0.6) is 0 Å². The van der Waals surface area contributed by atoms with Crippen molar-refractivity contribution in [2.24, 2.45) is 0 Å². The highest BCUT2D eigenvalue weighted by atomic mass is 32.2. The zero-order valence-corrected chi connectivity index (χ0v) is 14.2. The molecule has 6 nitrogen and oxygen atoms in total. The van der Waals surface area contributed by atoms with E-state index in [4.69, 9.17) is 4.74 Å². The molecule has 124 valence electrons. The van der Waals surface area contributed by atoms with Crippen molar-refractivity contribution in [1.82, 2.24) is 5.32 Å². The van der Waals surface area contributed by atoms with E-state index in [0.29, 0.717) is 23.4 Å². The van der Waals surface area contributed by atoms with E-state index in [1.54, 1.807) is 30.0 Å². The number of carbonyl (C=O) groups is 3. The summed E-state index contributed by atoms with van der Waals surface area (Å²) >= 11 is 1.56. The van der Waals surface area contributed by atoms with Gasteiger partial charge in [-0.3, -0.25) is 9.59 Å². The molecule has 2 rings (SSSR count). The van der Waals surface area contributed by atoms with Gasteiger partial charge in [-0.1, -0.05) is 0 Å². The van der Waals surface area contributed by atoms with E-state index in [1.807, 2.05) is 13.8 Å². The van der Waals surface area contributed by atoms with Crippen molar-refractivity contribution in [3.63, 3.8) is 0 Å². The number of esters is 1. The maximum Gasteiger partial charge on any atom is 0.338 e. The first-order valence-corrected chi connectivity index (χ1v) is 8.43. The van der Waals surface area contributed by atoms with E-state index in [-0.39, 0.29) is 17.9 Å². The number of fused-ring (bicyclic) bond motifs is 1. The van der Waals surface area contributed by atoms with Gasteiger partial charge in [0.25, 0.3) is 5.91 Å². The van der Waals surface area contributed by atoms with Crippen LogP contribution in [0, 0.1) is 0 Å². The highest BCUT2D eigenvalue weighted by molar-refractivity contribution is 7.99. The van der Waals surface area contributed by atoms with Gasteiger partial charge in [0.1, 0.15) is 0 Å². The number of benzene rings is 1. The fraction of sp³-hybridized carbons (Fsp3) is 0.438. The predicted molar refractivity (Wildman–Crippen MR) is 88.6 cm³/mol. The molecule has 1 aromatic rings. The van der Waals surface area contributed by atoms with Gasteiger partial charge in [-0.15, -0.1) is 11.8 Å². The minimum atomic E-state index is -0.882. The van der Waals surface area contributed by atoms with E-state index in [9.17, 15) is 14.4 Å². The minimum absolute atomic E-state index is 0.0246. The fourth-order valence-corrected chi connectivity index (χ4v) is 2.97. The summed E-state index contributed by atoms with van der Waals surface area (Å²) in [6.45, 7) is 5.19. The first-order valence-electron chi connectivity index (χ1n) is 7.45. The number of amides is 2. The molecule has 0 radical (unpaired) electrons. The van der Waals surface area contributed by atoms with Gasteiger partial charge in [0.2, 0.25) is 5.91 Å². The van der Waals surface area contributed by atoms with Crippen LogP contribution < -0.4 is 10.6 Å². The summed E-state index contributed by atoms with van der Waals surface area (Å²) in [5, 5.41) is 5.46. The van der Waals surface area contributed by atoms with Crippen LogP contribution in [0.3, 0.4) is 0 Å². The lowest BCUT2D eigenvalue weighted by molar-refractivity contribution is -0.129. The highest BCUT2D eigenvalue weighted by Gasteiger charge is 2.21. The average molecular weight is 336 g/mol. The molecule has 1 heterocycles. The number of carbonyl (C=O) groups excluding carboxylic acids is 3. The minimum Gasteiger partial charge on any atom is -0.449 e. The molecule has 0 aromatic heterocycles. The number of nitrogens with one attached hydrogen (secondary N) is 2. The molecule has 1 aliphatic rings. The maximum absolute atomic E-state index is 12.2. The first kappa shape index (κ1) is 17.3. The second-order valence-corrected chi connectivity index (χ2v) is 6.71. The molecular weight excluding hydrogens is 316 g/mol. The topological polar surface area (TPSA) is 84.5 Å². The Kier molecular flexibility index (Phi) is 5.65. The number of rotatable bonds is 4. The Labute approximate surface area is 139 Å². The molecule has 1 aromatic carbocycles. The SMILES string of the molecule is CC(C)NC(=O)[C@@H](C)OC(=O)c1ccc2c(c1)NC(=O)CCS2. The molecule has 0 saturated heterocycles. The molecule has 7 heteroatoms. The van der Waals surface area contributed by atoms with Gasteiger partial charge in [-0.25, -0.2) is 4.79 Å². The number of ether oxygens (including phenoxy) is 1. The summed E-state index contributed by atoms with van der Waals surface area (Å²) in [5.41, 5.74) is 0.905. The van der Waals surface area contributed by atoms with Gasteiger partial charge in [0.05, 0.1) is 11.3 Å². The summed E-state index contributed by atoms with van der Waals surface area (Å²) in [6, 6.07) is 4.98. The summed E-state index contributed by atoms with van der Waals surface area (Å²) in [4.78, 5) is 36.5. The van der Waals surface area contributed by atoms with Crippen molar-refractivity contribution in [1.29, 1.82) is 0 Å². The van der Waals surface area contributed by atoms with E-state index >= 15 is 0 Å². The van der Waals surface area contributed by atoms with Crippen LogP contribution in [-0.4, -0.2) is 35.7 Å². The standard InChI is InChI=1S/C16H20N2O4S/c1-9(2)17-15(20)10(3)22-16(21)11-4-5-13-12(8-11)18-14(19)6-7-23-13/h4-5,8-10H,6-7H2,1-3H3,(H,17,20)(H,18,19)/t10-/m1/s1. The molecule has 0 bridgehead atoms. The zero-order valence-electron chi connectivity index (χ0n) is 13.3. The van der Waals surface area contributed by atoms with Crippen LogP contribution in [0.4, 0.5) is 5.69 Å². The third-order valence-electron chi connectivity index (χ3n) is 3.16. The monoisotopic (exact) mass is 336 g/mol. The van der Waals surface area contributed by atoms with Crippen LogP contribution in [0.1, 0.15) is 37.6 Å². The van der Waals surface area contributed by atoms with E-state index in [0.717, 1.165) is 4.90 Å². The lowest BCUT2D eigenvalue weighted by Crippen LogP contribution is -2.39. The third kappa shape index (κ3) is 4.72. The Morgan fingerprint density at radius 1 is 1.30 bits per heavy atom. The molecule has 0 aliphatic carbocycles. The second kappa shape index (κ2) is 7.50. The zero-order chi connectivity index (χ0) is 17.0. The van der Waals surface area contributed by atoms with Gasteiger partial charge >= 0.3 is 5.97 Å². The normalized spacial score (nSPS) is 15.2. The molecule has 0 unspecified atom stereocenters. The molecule has 0 fully saturated rings. The molecular formula is C16H20N2O4S. The lowest BCUT2D eigenvalue weighted by Gasteiger charge is -2.16. The van der Waals surface area contributed by atoms with Crippen molar-refractivity contribution in [2.45, 2.75) is 44.2 Å². The van der Waals surface area contributed by atoms with Crippen LogP contribution in [0.15, 0.2) is 23.1 Å². The summed E-state index contributed by atoms with van der Waals surface area (Å²) < 4.78 is 5.18. The van der Waals surface area contributed by atoms with Crippen molar-refractivity contribution in [2.75, 3.05) is 11.1 Å². The van der Waals surface area contributed by atoms with Crippen molar-refractivity contribution < 1.29 is 19.1 Å². The number of anilines is 1. The lowest BCUT2D eigenvalue weighted by atomic mass is 10.2. The Balaban J connectivity index is 2.08. The quantitative estimate of drug-likeness (QED) is 0.824. The number of hydrogen-bond acceptors (Lipinski definition) is 5. The highest BCUT2D eigenvalue weighted by Crippen LogP contribution is 2.31. The van der Waals surface area contributed by atoms with E-state index in [1.165, 1.54) is 6.92 Å². The van der Waals surface area contributed by atoms with Crippen molar-refractivity contribution >= 4 is 35.2 Å². The average Bonchev–Trinajstić information content (AvgIpc) is 2.65. The summed E-state index contributed by atoms with van der Waals surface area (Å²) in [5.74, 6) is -0.309. The van der Waals surface area contributed by atoms with E-state index < -0.39 is 12.1 Å². The molecule has 2 amide bonds. The molecule has 0 spiro atoms. The maximum atomic E-state index is 12.2. The van der Waals surface area contributed by atoms with Gasteiger partial charge in [-0.05, 0) is 39.0 Å². The van der Waals surface area contributed by atoms with Gasteiger partial charge in [-0.2, -0.15) is 0 Å². The van der Waals surface area contributed by atoms with Crippen LogP contribution >= 0.6 is 11.8 Å². The number of hydrogen-bond donors (Lipinski definition) is 2.